The highest BCUT2D eigenvalue weighted by atomic mass is 35.5. The summed E-state index contributed by atoms with van der Waals surface area (Å²) in [7, 11) is 1.63. The Bertz CT molecular complexity index is 389. The van der Waals surface area contributed by atoms with Crippen molar-refractivity contribution in [1.82, 2.24) is 5.32 Å². The van der Waals surface area contributed by atoms with Crippen LogP contribution in [0.1, 0.15) is 29.8 Å². The molecule has 0 atom stereocenters. The van der Waals surface area contributed by atoms with Crippen LogP contribution >= 0.6 is 12.4 Å². The predicted octanol–water partition coefficient (Wildman–Crippen LogP) is 1.72. The van der Waals surface area contributed by atoms with Crippen LogP contribution in [0.2, 0.25) is 0 Å². The third-order valence-electron chi connectivity index (χ3n) is 2.20. The summed E-state index contributed by atoms with van der Waals surface area (Å²) in [6.07, 6.45) is 0. The molecular weight excluding hydrogens is 252 g/mol. The van der Waals surface area contributed by atoms with Crippen molar-refractivity contribution in [3.05, 3.63) is 35.4 Å². The van der Waals surface area contributed by atoms with E-state index in [1.165, 1.54) is 0 Å². The molecule has 0 aliphatic carbocycles. The predicted molar refractivity (Wildman–Crippen MR) is 75.0 cm³/mol. The minimum absolute atomic E-state index is 0. The Hall–Kier alpha value is -1.10. The van der Waals surface area contributed by atoms with Crippen LogP contribution in [0.4, 0.5) is 0 Å². The zero-order valence-corrected chi connectivity index (χ0v) is 11.8. The largest absolute Gasteiger partial charge is 0.380 e. The van der Waals surface area contributed by atoms with Gasteiger partial charge in [0.15, 0.2) is 0 Å². The van der Waals surface area contributed by atoms with E-state index >= 15 is 0 Å². The Labute approximate surface area is 114 Å². The maximum absolute atomic E-state index is 11.8. The average Bonchev–Trinajstić information content (AvgIpc) is 2.26. The van der Waals surface area contributed by atoms with Gasteiger partial charge in [-0.3, -0.25) is 4.79 Å². The van der Waals surface area contributed by atoms with Gasteiger partial charge < -0.3 is 15.8 Å². The first kappa shape index (κ1) is 16.9. The molecule has 0 fully saturated rings. The Morgan fingerprint density at radius 1 is 1.44 bits per heavy atom. The van der Waals surface area contributed by atoms with E-state index in [0.29, 0.717) is 18.7 Å². The van der Waals surface area contributed by atoms with Gasteiger partial charge in [-0.05, 0) is 31.5 Å². The number of benzene rings is 1. The molecule has 0 radical (unpaired) electrons. The summed E-state index contributed by atoms with van der Waals surface area (Å²) in [4.78, 5) is 11.8. The van der Waals surface area contributed by atoms with Crippen molar-refractivity contribution in [3.63, 3.8) is 0 Å². The molecule has 1 aromatic carbocycles. The van der Waals surface area contributed by atoms with Crippen LogP contribution in [0.25, 0.3) is 0 Å². The Morgan fingerprint density at radius 2 is 2.11 bits per heavy atom. The third-order valence-corrected chi connectivity index (χ3v) is 2.20. The van der Waals surface area contributed by atoms with E-state index in [-0.39, 0.29) is 18.3 Å². The summed E-state index contributed by atoms with van der Waals surface area (Å²) in [5.41, 5.74) is 7.01. The van der Waals surface area contributed by atoms with Gasteiger partial charge in [-0.15, -0.1) is 12.4 Å². The topological polar surface area (TPSA) is 64.3 Å². The maximum atomic E-state index is 11.8. The number of carbonyl (C=O) groups excluding carboxylic acids is 1. The summed E-state index contributed by atoms with van der Waals surface area (Å²) in [6, 6.07) is 7.37. The zero-order valence-electron chi connectivity index (χ0n) is 11.0. The van der Waals surface area contributed by atoms with E-state index in [2.05, 4.69) is 5.32 Å². The molecule has 0 saturated heterocycles. The van der Waals surface area contributed by atoms with Crippen LogP contribution < -0.4 is 11.1 Å². The van der Waals surface area contributed by atoms with Crippen molar-refractivity contribution in [3.8, 4) is 0 Å². The molecule has 1 amide bonds. The van der Waals surface area contributed by atoms with E-state index in [4.69, 9.17) is 10.5 Å². The fraction of sp³-hybridized carbons (Fsp3) is 0.462. The lowest BCUT2D eigenvalue weighted by atomic mass is 10.1. The highest BCUT2D eigenvalue weighted by Gasteiger charge is 2.13. The van der Waals surface area contributed by atoms with E-state index < -0.39 is 5.54 Å². The van der Waals surface area contributed by atoms with E-state index in [0.717, 1.165) is 5.56 Å². The van der Waals surface area contributed by atoms with Gasteiger partial charge >= 0.3 is 0 Å². The SMILES string of the molecule is COCc1cccc(C(=O)NCC(C)(C)N)c1.Cl. The van der Waals surface area contributed by atoms with Gasteiger partial charge in [-0.2, -0.15) is 0 Å². The van der Waals surface area contributed by atoms with Crippen LogP contribution in [0.5, 0.6) is 0 Å². The number of halogens is 1. The van der Waals surface area contributed by atoms with Crippen LogP contribution in [0, 0.1) is 0 Å². The van der Waals surface area contributed by atoms with Crippen LogP contribution in [-0.4, -0.2) is 25.1 Å². The number of ether oxygens (including phenoxy) is 1. The number of amides is 1. The van der Waals surface area contributed by atoms with E-state index in [9.17, 15) is 4.79 Å². The molecule has 3 N–H and O–H groups in total. The van der Waals surface area contributed by atoms with Gasteiger partial charge in [-0.25, -0.2) is 0 Å². The van der Waals surface area contributed by atoms with E-state index in [1.807, 2.05) is 32.0 Å². The summed E-state index contributed by atoms with van der Waals surface area (Å²) in [5, 5.41) is 2.80. The first-order chi connectivity index (χ1) is 7.92. The molecule has 0 spiro atoms. The van der Waals surface area contributed by atoms with Gasteiger partial charge in [0.1, 0.15) is 0 Å². The summed E-state index contributed by atoms with van der Waals surface area (Å²) in [6.45, 7) is 4.69. The standard InChI is InChI=1S/C13H20N2O2.ClH/c1-13(2,14)9-15-12(16)11-6-4-5-10(7-11)8-17-3;/h4-7H,8-9,14H2,1-3H3,(H,15,16);1H. The summed E-state index contributed by atoms with van der Waals surface area (Å²) in [5.74, 6) is -0.110. The highest BCUT2D eigenvalue weighted by molar-refractivity contribution is 5.94. The first-order valence-corrected chi connectivity index (χ1v) is 5.57. The lowest BCUT2D eigenvalue weighted by Gasteiger charge is -2.18. The first-order valence-electron chi connectivity index (χ1n) is 5.57. The van der Waals surface area contributed by atoms with Gasteiger partial charge in [0.05, 0.1) is 6.61 Å². The smallest absolute Gasteiger partial charge is 0.251 e. The van der Waals surface area contributed by atoms with Crippen molar-refractivity contribution in [2.45, 2.75) is 26.0 Å². The Balaban J connectivity index is 0.00000289. The highest BCUT2D eigenvalue weighted by Crippen LogP contribution is 2.06. The molecule has 0 aliphatic rings. The van der Waals surface area contributed by atoms with Crippen LogP contribution in [-0.2, 0) is 11.3 Å². The number of hydrogen-bond acceptors (Lipinski definition) is 3. The molecule has 0 heterocycles. The second-order valence-electron chi connectivity index (χ2n) is 4.80. The lowest BCUT2D eigenvalue weighted by Crippen LogP contribution is -2.45. The summed E-state index contributed by atoms with van der Waals surface area (Å²) < 4.78 is 5.03. The molecule has 0 unspecified atom stereocenters. The maximum Gasteiger partial charge on any atom is 0.251 e. The molecule has 0 bridgehead atoms. The fourth-order valence-electron chi connectivity index (χ4n) is 1.38. The summed E-state index contributed by atoms with van der Waals surface area (Å²) >= 11 is 0. The molecule has 0 saturated carbocycles. The molecule has 0 aliphatic heterocycles. The molecular formula is C13H21ClN2O2. The number of carbonyl (C=O) groups is 1. The number of rotatable bonds is 5. The van der Waals surface area contributed by atoms with Crippen molar-refractivity contribution in [2.24, 2.45) is 5.73 Å². The molecule has 0 aromatic heterocycles. The number of hydrogen-bond donors (Lipinski definition) is 2. The van der Waals surface area contributed by atoms with Gasteiger partial charge in [0.2, 0.25) is 0 Å². The third kappa shape index (κ3) is 6.00. The lowest BCUT2D eigenvalue weighted by molar-refractivity contribution is 0.0945. The van der Waals surface area contributed by atoms with Gasteiger partial charge in [0, 0.05) is 24.8 Å². The normalized spacial score (nSPS) is 10.7. The Kier molecular flexibility index (Phi) is 6.91. The van der Waals surface area contributed by atoms with Crippen LogP contribution in [0.15, 0.2) is 24.3 Å². The van der Waals surface area contributed by atoms with Crippen molar-refractivity contribution < 1.29 is 9.53 Å². The van der Waals surface area contributed by atoms with Gasteiger partial charge in [0.25, 0.3) is 5.91 Å². The molecule has 1 rings (SSSR count). The number of nitrogens with two attached hydrogens (primary N) is 1. The quantitative estimate of drug-likeness (QED) is 0.858. The minimum Gasteiger partial charge on any atom is -0.380 e. The average molecular weight is 273 g/mol. The van der Waals surface area contributed by atoms with E-state index in [1.54, 1.807) is 13.2 Å². The number of methoxy groups -OCH3 is 1. The van der Waals surface area contributed by atoms with Crippen LogP contribution in [0.3, 0.4) is 0 Å². The monoisotopic (exact) mass is 272 g/mol. The van der Waals surface area contributed by atoms with Crippen molar-refractivity contribution in [2.75, 3.05) is 13.7 Å². The minimum atomic E-state index is -0.403. The molecule has 4 nitrogen and oxygen atoms in total. The second-order valence-corrected chi connectivity index (χ2v) is 4.80. The molecule has 102 valence electrons. The van der Waals surface area contributed by atoms with Crippen molar-refractivity contribution in [1.29, 1.82) is 0 Å². The zero-order chi connectivity index (χ0) is 12.9. The van der Waals surface area contributed by atoms with Crippen molar-refractivity contribution >= 4 is 18.3 Å². The number of nitrogens with one attached hydrogen (secondary N) is 1. The molecule has 1 aromatic rings. The van der Waals surface area contributed by atoms with Gasteiger partial charge in [-0.1, -0.05) is 12.1 Å². The second kappa shape index (κ2) is 7.36. The molecule has 5 heteroatoms. The molecule has 18 heavy (non-hydrogen) atoms. The Morgan fingerprint density at radius 3 is 2.67 bits per heavy atom. The fourth-order valence-corrected chi connectivity index (χ4v) is 1.38.